The number of carboxylic acids is 1. The summed E-state index contributed by atoms with van der Waals surface area (Å²) < 4.78 is 37.3. The molecular weight excluding hydrogens is 472 g/mol. The fourth-order valence-electron chi connectivity index (χ4n) is 2.93. The number of esters is 1. The van der Waals surface area contributed by atoms with Crippen molar-refractivity contribution in [1.82, 2.24) is 0 Å². The Morgan fingerprint density at radius 2 is 0.861 bits per heavy atom. The van der Waals surface area contributed by atoms with Crippen molar-refractivity contribution in [3.05, 3.63) is 12.2 Å². The predicted octanol–water partition coefficient (Wildman–Crippen LogP) is 3.41. The van der Waals surface area contributed by atoms with Crippen LogP contribution in [0.3, 0.4) is 0 Å². The molecule has 36 heavy (non-hydrogen) atoms. The zero-order chi connectivity index (χ0) is 26.4. The SMILES string of the molecule is CCCCCCCCCCOCCOCCOCCOCCOCCOCCOC(=O)C=CC(=O)O. The highest BCUT2D eigenvalue weighted by atomic mass is 16.6. The molecule has 0 bridgehead atoms. The highest BCUT2D eigenvalue weighted by Gasteiger charge is 1.99. The van der Waals surface area contributed by atoms with Crippen molar-refractivity contribution in [2.24, 2.45) is 0 Å². The van der Waals surface area contributed by atoms with Crippen molar-refractivity contribution in [2.75, 3.05) is 85.9 Å². The molecule has 0 heterocycles. The number of ether oxygens (including phenoxy) is 7. The third-order valence-corrected chi connectivity index (χ3v) is 4.84. The van der Waals surface area contributed by atoms with Crippen molar-refractivity contribution in [2.45, 2.75) is 58.3 Å². The topological polar surface area (TPSA) is 119 Å². The highest BCUT2D eigenvalue weighted by molar-refractivity contribution is 5.90. The van der Waals surface area contributed by atoms with E-state index in [4.69, 9.17) is 38.3 Å². The van der Waals surface area contributed by atoms with E-state index in [9.17, 15) is 9.59 Å². The van der Waals surface area contributed by atoms with E-state index in [2.05, 4.69) is 6.92 Å². The molecule has 0 unspecified atom stereocenters. The lowest BCUT2D eigenvalue weighted by Gasteiger charge is -2.08. The molecule has 1 N–H and O–H groups in total. The van der Waals surface area contributed by atoms with Gasteiger partial charge in [-0.05, 0) is 6.42 Å². The third-order valence-electron chi connectivity index (χ3n) is 4.84. The molecule has 0 radical (unpaired) electrons. The first-order chi connectivity index (χ1) is 17.7. The van der Waals surface area contributed by atoms with Crippen molar-refractivity contribution in [1.29, 1.82) is 0 Å². The number of hydrogen-bond donors (Lipinski definition) is 1. The van der Waals surface area contributed by atoms with Crippen LogP contribution < -0.4 is 0 Å². The van der Waals surface area contributed by atoms with E-state index < -0.39 is 11.9 Å². The smallest absolute Gasteiger partial charge is 0.331 e. The van der Waals surface area contributed by atoms with Gasteiger partial charge in [0, 0.05) is 18.8 Å². The average molecular weight is 521 g/mol. The zero-order valence-corrected chi connectivity index (χ0v) is 22.1. The second-order valence-electron chi connectivity index (χ2n) is 7.99. The van der Waals surface area contributed by atoms with Crippen LogP contribution in [0.4, 0.5) is 0 Å². The summed E-state index contributed by atoms with van der Waals surface area (Å²) in [6.07, 6.45) is 12.0. The number of aliphatic carboxylic acids is 1. The lowest BCUT2D eigenvalue weighted by molar-refractivity contribution is -0.140. The normalized spacial score (nSPS) is 11.4. The molecule has 0 aliphatic heterocycles. The Balaban J connectivity index is 3.10. The quantitative estimate of drug-likeness (QED) is 0.0893. The van der Waals surface area contributed by atoms with Crippen LogP contribution in [0.5, 0.6) is 0 Å². The van der Waals surface area contributed by atoms with Crippen molar-refractivity contribution in [3.63, 3.8) is 0 Å². The van der Waals surface area contributed by atoms with Crippen molar-refractivity contribution in [3.8, 4) is 0 Å². The standard InChI is InChI=1S/C26H48O10/c1-2-3-4-5-6-7-8-9-12-30-13-14-31-15-16-32-17-18-33-19-20-34-21-22-35-23-24-36-26(29)11-10-25(27)28/h10-11H,2-9,12-24H2,1H3,(H,27,28). The molecule has 0 aliphatic rings. The van der Waals surface area contributed by atoms with Crippen LogP contribution >= 0.6 is 0 Å². The van der Waals surface area contributed by atoms with E-state index >= 15 is 0 Å². The van der Waals surface area contributed by atoms with Crippen LogP contribution in [-0.4, -0.2) is 103 Å². The first-order valence-electron chi connectivity index (χ1n) is 13.2. The lowest BCUT2D eigenvalue weighted by atomic mass is 10.1. The number of carbonyl (C=O) groups is 2. The van der Waals surface area contributed by atoms with Gasteiger partial charge in [-0.25, -0.2) is 9.59 Å². The number of unbranched alkanes of at least 4 members (excludes halogenated alkanes) is 7. The minimum Gasteiger partial charge on any atom is -0.478 e. The molecular formula is C26H48O10. The molecule has 10 heteroatoms. The van der Waals surface area contributed by atoms with Crippen molar-refractivity contribution < 1.29 is 47.9 Å². The molecule has 0 aromatic carbocycles. The maximum atomic E-state index is 11.1. The van der Waals surface area contributed by atoms with Gasteiger partial charge in [0.05, 0.1) is 72.7 Å². The van der Waals surface area contributed by atoms with Gasteiger partial charge in [0.1, 0.15) is 6.61 Å². The molecule has 0 saturated heterocycles. The Kier molecular flexibility index (Phi) is 28.4. The van der Waals surface area contributed by atoms with E-state index in [1.165, 1.54) is 44.9 Å². The van der Waals surface area contributed by atoms with Gasteiger partial charge in [0.25, 0.3) is 0 Å². The third kappa shape index (κ3) is 30.5. The lowest BCUT2D eigenvalue weighted by Crippen LogP contribution is -2.15. The molecule has 0 aromatic heterocycles. The summed E-state index contributed by atoms with van der Waals surface area (Å²) in [5.41, 5.74) is 0. The van der Waals surface area contributed by atoms with Gasteiger partial charge >= 0.3 is 11.9 Å². The zero-order valence-electron chi connectivity index (χ0n) is 22.1. The van der Waals surface area contributed by atoms with Crippen molar-refractivity contribution >= 4 is 11.9 Å². The number of carbonyl (C=O) groups excluding carboxylic acids is 1. The first-order valence-corrected chi connectivity index (χ1v) is 13.2. The number of carboxylic acid groups (broad SMARTS) is 1. The minimum atomic E-state index is -1.21. The monoisotopic (exact) mass is 520 g/mol. The second-order valence-corrected chi connectivity index (χ2v) is 7.99. The highest BCUT2D eigenvalue weighted by Crippen LogP contribution is 2.08. The van der Waals surface area contributed by atoms with Crippen LogP contribution in [0.1, 0.15) is 58.3 Å². The average Bonchev–Trinajstić information content (AvgIpc) is 2.87. The molecule has 10 nitrogen and oxygen atoms in total. The van der Waals surface area contributed by atoms with Crippen LogP contribution in [0.15, 0.2) is 12.2 Å². The first kappa shape index (κ1) is 34.4. The number of rotatable bonds is 29. The Bertz CT molecular complexity index is 513. The van der Waals surface area contributed by atoms with Gasteiger partial charge in [-0.3, -0.25) is 0 Å². The van der Waals surface area contributed by atoms with Gasteiger partial charge < -0.3 is 38.3 Å². The van der Waals surface area contributed by atoms with Gasteiger partial charge in [0.2, 0.25) is 0 Å². The van der Waals surface area contributed by atoms with Gasteiger partial charge in [0.15, 0.2) is 0 Å². The maximum absolute atomic E-state index is 11.1. The summed E-state index contributed by atoms with van der Waals surface area (Å²) in [6.45, 7) is 8.26. The Labute approximate surface area is 216 Å². The molecule has 0 aromatic rings. The summed E-state index contributed by atoms with van der Waals surface area (Å²) in [5.74, 6) is -1.93. The van der Waals surface area contributed by atoms with Gasteiger partial charge in [-0.15, -0.1) is 0 Å². The Morgan fingerprint density at radius 3 is 1.28 bits per heavy atom. The second kappa shape index (κ2) is 29.7. The van der Waals surface area contributed by atoms with Crippen LogP contribution in [0.25, 0.3) is 0 Å². The van der Waals surface area contributed by atoms with E-state index in [1.807, 2.05) is 0 Å². The van der Waals surface area contributed by atoms with Gasteiger partial charge in [-0.2, -0.15) is 0 Å². The van der Waals surface area contributed by atoms with E-state index in [0.29, 0.717) is 66.1 Å². The molecule has 0 amide bonds. The van der Waals surface area contributed by atoms with Crippen LogP contribution in [-0.2, 0) is 42.7 Å². The molecule has 0 saturated carbocycles. The molecule has 0 aliphatic carbocycles. The fraction of sp³-hybridized carbons (Fsp3) is 0.846. The summed E-state index contributed by atoms with van der Waals surface area (Å²) in [4.78, 5) is 21.3. The van der Waals surface area contributed by atoms with E-state index in [1.54, 1.807) is 0 Å². The largest absolute Gasteiger partial charge is 0.478 e. The molecule has 0 spiro atoms. The maximum Gasteiger partial charge on any atom is 0.331 e. The molecule has 0 atom stereocenters. The number of hydrogen-bond acceptors (Lipinski definition) is 9. The van der Waals surface area contributed by atoms with Crippen LogP contribution in [0, 0.1) is 0 Å². The fourth-order valence-corrected chi connectivity index (χ4v) is 2.93. The van der Waals surface area contributed by atoms with Crippen LogP contribution in [0.2, 0.25) is 0 Å². The Hall–Kier alpha value is -1.56. The predicted molar refractivity (Wildman–Crippen MR) is 135 cm³/mol. The summed E-state index contributed by atoms with van der Waals surface area (Å²) >= 11 is 0. The summed E-state index contributed by atoms with van der Waals surface area (Å²) in [6, 6.07) is 0. The van der Waals surface area contributed by atoms with Gasteiger partial charge in [-0.1, -0.05) is 51.9 Å². The molecule has 212 valence electrons. The summed E-state index contributed by atoms with van der Waals surface area (Å²) in [5, 5.41) is 8.38. The summed E-state index contributed by atoms with van der Waals surface area (Å²) in [7, 11) is 0. The van der Waals surface area contributed by atoms with E-state index in [-0.39, 0.29) is 13.2 Å². The molecule has 0 rings (SSSR count). The van der Waals surface area contributed by atoms with E-state index in [0.717, 1.165) is 25.2 Å². The minimum absolute atomic E-state index is 0.0457. The Morgan fingerprint density at radius 1 is 0.500 bits per heavy atom. The molecule has 0 fully saturated rings.